The van der Waals surface area contributed by atoms with E-state index in [2.05, 4.69) is 15.5 Å². The van der Waals surface area contributed by atoms with Gasteiger partial charge in [-0.1, -0.05) is 17.8 Å². The number of aryl methyl sites for hydroxylation is 1. The number of nitrogens with zero attached hydrogens (tertiary/aromatic N) is 4. The molecule has 0 bridgehead atoms. The van der Waals surface area contributed by atoms with Crippen LogP contribution in [0.2, 0.25) is 0 Å². The van der Waals surface area contributed by atoms with Gasteiger partial charge in [0, 0.05) is 17.7 Å². The minimum absolute atomic E-state index is 0.316. The third-order valence-corrected chi connectivity index (χ3v) is 4.13. The van der Waals surface area contributed by atoms with Gasteiger partial charge in [-0.15, -0.1) is 16.4 Å². The lowest BCUT2D eigenvalue weighted by atomic mass is 10.4. The minimum Gasteiger partial charge on any atom is -0.390 e. The molecule has 0 aromatic carbocycles. The summed E-state index contributed by atoms with van der Waals surface area (Å²) in [6.07, 6.45) is -0.522. The molecule has 2 rings (SSSR count). The van der Waals surface area contributed by atoms with Crippen LogP contribution >= 0.6 is 23.1 Å². The van der Waals surface area contributed by atoms with Crippen LogP contribution in [0.5, 0.6) is 0 Å². The van der Waals surface area contributed by atoms with Crippen LogP contribution in [0.25, 0.3) is 0 Å². The van der Waals surface area contributed by atoms with Crippen LogP contribution in [0.1, 0.15) is 4.88 Å². The van der Waals surface area contributed by atoms with Gasteiger partial charge in [0.15, 0.2) is 0 Å². The van der Waals surface area contributed by atoms with Crippen LogP contribution < -0.4 is 0 Å². The largest absolute Gasteiger partial charge is 0.390 e. The fraction of sp³-hybridized carbons (Fsp3) is 0.500. The maximum Gasteiger partial charge on any atom is 0.209 e. The summed E-state index contributed by atoms with van der Waals surface area (Å²) < 4.78 is 7.00. The molecular formula is C10H14N4O2S2. The van der Waals surface area contributed by atoms with E-state index >= 15 is 0 Å². The second-order valence-corrected chi connectivity index (χ2v) is 5.66. The first-order valence-electron chi connectivity index (χ1n) is 5.39. The Bertz CT molecular complexity index is 460. The quantitative estimate of drug-likeness (QED) is 0.764. The maximum atomic E-state index is 9.75. The molecule has 0 amide bonds. The highest BCUT2D eigenvalue weighted by Gasteiger charge is 2.09. The zero-order valence-electron chi connectivity index (χ0n) is 9.89. The van der Waals surface area contributed by atoms with Crippen molar-refractivity contribution in [2.24, 2.45) is 7.05 Å². The number of aliphatic hydroxyl groups is 1. The molecule has 18 heavy (non-hydrogen) atoms. The van der Waals surface area contributed by atoms with E-state index in [1.54, 1.807) is 23.1 Å². The fourth-order valence-electron chi connectivity index (χ4n) is 1.25. The van der Waals surface area contributed by atoms with Crippen molar-refractivity contribution < 1.29 is 9.84 Å². The Morgan fingerprint density at radius 3 is 3.17 bits per heavy atom. The standard InChI is InChI=1S/C10H14N4O2S2/c1-14-10(11-12-13-14)18-7-8(15)5-16-6-9-3-2-4-17-9/h2-4,8,15H,5-7H2,1H3. The Balaban J connectivity index is 1.63. The van der Waals surface area contributed by atoms with E-state index in [0.717, 1.165) is 4.88 Å². The van der Waals surface area contributed by atoms with Crippen molar-refractivity contribution in [3.05, 3.63) is 22.4 Å². The molecule has 0 saturated heterocycles. The minimum atomic E-state index is -0.522. The molecule has 0 aliphatic rings. The highest BCUT2D eigenvalue weighted by molar-refractivity contribution is 7.99. The number of aromatic nitrogens is 4. The number of aliphatic hydroxyl groups excluding tert-OH is 1. The van der Waals surface area contributed by atoms with E-state index in [4.69, 9.17) is 4.74 Å². The Morgan fingerprint density at radius 1 is 1.61 bits per heavy atom. The summed E-state index contributed by atoms with van der Waals surface area (Å²) in [4.78, 5) is 1.16. The molecule has 2 aromatic rings. The number of tetrazole rings is 1. The van der Waals surface area contributed by atoms with E-state index in [-0.39, 0.29) is 0 Å². The molecule has 0 spiro atoms. The Kier molecular flexibility index (Phi) is 5.12. The van der Waals surface area contributed by atoms with Gasteiger partial charge in [-0.05, 0) is 21.9 Å². The Hall–Kier alpha value is -0.960. The number of rotatable bonds is 7. The average molecular weight is 286 g/mol. The molecule has 2 aromatic heterocycles. The molecule has 0 fully saturated rings. The van der Waals surface area contributed by atoms with Crippen molar-refractivity contribution in [2.45, 2.75) is 17.9 Å². The zero-order valence-corrected chi connectivity index (χ0v) is 11.5. The second-order valence-electron chi connectivity index (χ2n) is 3.64. The van der Waals surface area contributed by atoms with E-state index in [0.29, 0.717) is 24.1 Å². The van der Waals surface area contributed by atoms with Crippen LogP contribution in [0.3, 0.4) is 0 Å². The van der Waals surface area contributed by atoms with Crippen molar-refractivity contribution in [3.63, 3.8) is 0 Å². The predicted molar refractivity (Wildman–Crippen MR) is 69.5 cm³/mol. The maximum absolute atomic E-state index is 9.75. The monoisotopic (exact) mass is 286 g/mol. The summed E-state index contributed by atoms with van der Waals surface area (Å²) in [6.45, 7) is 0.862. The SMILES string of the molecule is Cn1nnnc1SCC(O)COCc1cccs1. The number of hydrogen-bond donors (Lipinski definition) is 1. The third kappa shape index (κ3) is 4.05. The van der Waals surface area contributed by atoms with Crippen LogP contribution in [0, 0.1) is 0 Å². The molecule has 6 nitrogen and oxygen atoms in total. The van der Waals surface area contributed by atoms with Crippen molar-refractivity contribution in [2.75, 3.05) is 12.4 Å². The van der Waals surface area contributed by atoms with Crippen LogP contribution in [0.4, 0.5) is 0 Å². The third-order valence-electron chi connectivity index (χ3n) is 2.12. The summed E-state index contributed by atoms with van der Waals surface area (Å²) in [5, 5.41) is 23.5. The average Bonchev–Trinajstić information content (AvgIpc) is 2.98. The first-order valence-corrected chi connectivity index (χ1v) is 7.25. The van der Waals surface area contributed by atoms with E-state index in [9.17, 15) is 5.11 Å². The van der Waals surface area contributed by atoms with Gasteiger partial charge in [-0.3, -0.25) is 0 Å². The smallest absolute Gasteiger partial charge is 0.209 e. The van der Waals surface area contributed by atoms with Crippen molar-refractivity contribution in [3.8, 4) is 0 Å². The molecule has 0 radical (unpaired) electrons. The molecule has 98 valence electrons. The first kappa shape index (κ1) is 13.5. The van der Waals surface area contributed by atoms with Gasteiger partial charge in [0.2, 0.25) is 5.16 Å². The lowest BCUT2D eigenvalue weighted by molar-refractivity contribution is 0.0408. The lowest BCUT2D eigenvalue weighted by Crippen LogP contribution is -2.18. The zero-order chi connectivity index (χ0) is 12.8. The molecule has 1 atom stereocenters. The summed E-state index contributed by atoms with van der Waals surface area (Å²) in [6, 6.07) is 3.99. The van der Waals surface area contributed by atoms with E-state index < -0.39 is 6.10 Å². The summed E-state index contributed by atoms with van der Waals surface area (Å²) in [5.41, 5.74) is 0. The molecule has 0 saturated carbocycles. The highest BCUT2D eigenvalue weighted by Crippen LogP contribution is 2.14. The van der Waals surface area contributed by atoms with Gasteiger partial charge in [-0.25, -0.2) is 4.68 Å². The van der Waals surface area contributed by atoms with Gasteiger partial charge < -0.3 is 9.84 Å². The Labute approximate surface area is 113 Å². The van der Waals surface area contributed by atoms with Gasteiger partial charge in [0.25, 0.3) is 0 Å². The number of thioether (sulfide) groups is 1. The summed E-state index contributed by atoms with van der Waals surface area (Å²) >= 11 is 3.06. The normalized spacial score (nSPS) is 12.8. The van der Waals surface area contributed by atoms with Gasteiger partial charge in [-0.2, -0.15) is 0 Å². The van der Waals surface area contributed by atoms with Gasteiger partial charge in [0.05, 0.1) is 19.3 Å². The van der Waals surface area contributed by atoms with Crippen LogP contribution in [-0.2, 0) is 18.4 Å². The van der Waals surface area contributed by atoms with Gasteiger partial charge in [0.1, 0.15) is 0 Å². The van der Waals surface area contributed by atoms with Gasteiger partial charge >= 0.3 is 0 Å². The molecule has 2 heterocycles. The molecule has 0 aliphatic carbocycles. The van der Waals surface area contributed by atoms with E-state index in [1.807, 2.05) is 17.5 Å². The molecule has 1 unspecified atom stereocenters. The number of hydrogen-bond acceptors (Lipinski definition) is 7. The Morgan fingerprint density at radius 2 is 2.50 bits per heavy atom. The summed E-state index contributed by atoms with van der Waals surface area (Å²) in [7, 11) is 1.77. The molecule has 1 N–H and O–H groups in total. The fourth-order valence-corrected chi connectivity index (χ4v) is 2.65. The van der Waals surface area contributed by atoms with Crippen molar-refractivity contribution in [1.29, 1.82) is 0 Å². The topological polar surface area (TPSA) is 73.1 Å². The van der Waals surface area contributed by atoms with Crippen LogP contribution in [0.15, 0.2) is 22.7 Å². The number of thiophene rings is 1. The van der Waals surface area contributed by atoms with Crippen molar-refractivity contribution in [1.82, 2.24) is 20.2 Å². The highest BCUT2D eigenvalue weighted by atomic mass is 32.2. The van der Waals surface area contributed by atoms with Crippen LogP contribution in [-0.4, -0.2) is 43.8 Å². The molecule has 8 heteroatoms. The number of ether oxygens (including phenoxy) is 1. The second kappa shape index (κ2) is 6.83. The molecular weight excluding hydrogens is 272 g/mol. The first-order chi connectivity index (χ1) is 8.75. The summed E-state index contributed by atoms with van der Waals surface area (Å²) in [5.74, 6) is 0.513. The van der Waals surface area contributed by atoms with Crippen molar-refractivity contribution >= 4 is 23.1 Å². The predicted octanol–water partition coefficient (Wildman–Crippen LogP) is 0.941. The van der Waals surface area contributed by atoms with E-state index in [1.165, 1.54) is 11.8 Å². The lowest BCUT2D eigenvalue weighted by Gasteiger charge is -2.09. The molecule has 0 aliphatic heterocycles.